The average molecular weight is 373 g/mol. The molecule has 0 unspecified atom stereocenters. The minimum atomic E-state index is -0.144. The number of hydrogen-bond acceptors (Lipinski definition) is 3. The Hall–Kier alpha value is -1.78. The van der Waals surface area contributed by atoms with Gasteiger partial charge in [-0.3, -0.25) is 4.79 Å². The van der Waals surface area contributed by atoms with Gasteiger partial charge < -0.3 is 0 Å². The van der Waals surface area contributed by atoms with Crippen molar-refractivity contribution in [3.8, 4) is 0 Å². The third kappa shape index (κ3) is 5.62. The second-order valence-electron chi connectivity index (χ2n) is 6.12. The molecule has 1 saturated carbocycles. The molecule has 0 radical (unpaired) electrons. The lowest BCUT2D eigenvalue weighted by atomic mass is 9.99. The monoisotopic (exact) mass is 372 g/mol. The Labute approximate surface area is 157 Å². The van der Waals surface area contributed by atoms with Gasteiger partial charge in [-0.15, -0.1) is 11.8 Å². The molecule has 0 heterocycles. The van der Waals surface area contributed by atoms with Gasteiger partial charge in [-0.2, -0.15) is 5.10 Å². The van der Waals surface area contributed by atoms with Crippen LogP contribution < -0.4 is 5.43 Å². The molecule has 3 nitrogen and oxygen atoms in total. The van der Waals surface area contributed by atoms with Crippen LogP contribution in [0.25, 0.3) is 0 Å². The fourth-order valence-corrected chi connectivity index (χ4v) is 3.70. The van der Waals surface area contributed by atoms with E-state index in [-0.39, 0.29) is 5.91 Å². The van der Waals surface area contributed by atoms with Crippen LogP contribution >= 0.6 is 23.4 Å². The van der Waals surface area contributed by atoms with Crippen molar-refractivity contribution in [3.63, 3.8) is 0 Å². The highest BCUT2D eigenvalue weighted by Crippen LogP contribution is 2.24. The maximum atomic E-state index is 12.2. The Morgan fingerprint density at radius 1 is 1.00 bits per heavy atom. The summed E-state index contributed by atoms with van der Waals surface area (Å²) in [5, 5.41) is 5.01. The largest absolute Gasteiger partial charge is 0.271 e. The van der Waals surface area contributed by atoms with Crippen LogP contribution in [-0.2, 0) is 5.75 Å². The predicted molar refractivity (Wildman–Crippen MR) is 105 cm³/mol. The summed E-state index contributed by atoms with van der Waals surface area (Å²) in [6.45, 7) is 0. The molecule has 0 aromatic heterocycles. The number of amides is 1. The Kier molecular flexibility index (Phi) is 6.54. The summed E-state index contributed by atoms with van der Waals surface area (Å²) in [5.41, 5.74) is 5.60. The number of carbonyl (C=O) groups excluding carboxylic acids is 1. The maximum absolute atomic E-state index is 12.2. The molecular weight excluding hydrogens is 352 g/mol. The molecule has 130 valence electrons. The minimum Gasteiger partial charge on any atom is -0.267 e. The molecule has 2 aromatic carbocycles. The molecule has 0 saturated heterocycles. The van der Waals surface area contributed by atoms with E-state index in [1.807, 2.05) is 48.5 Å². The van der Waals surface area contributed by atoms with Gasteiger partial charge in [-0.05, 0) is 67.6 Å². The first kappa shape index (κ1) is 18.0. The zero-order chi connectivity index (χ0) is 17.5. The number of benzene rings is 2. The van der Waals surface area contributed by atoms with Crippen LogP contribution in [0.4, 0.5) is 0 Å². The first-order valence-corrected chi connectivity index (χ1v) is 9.90. The van der Waals surface area contributed by atoms with Crippen molar-refractivity contribution in [2.75, 3.05) is 0 Å². The number of halogens is 1. The van der Waals surface area contributed by atoms with Crippen LogP contribution in [0.15, 0.2) is 58.5 Å². The van der Waals surface area contributed by atoms with E-state index in [0.717, 1.165) is 29.3 Å². The lowest BCUT2D eigenvalue weighted by molar-refractivity contribution is 0.0954. The van der Waals surface area contributed by atoms with Gasteiger partial charge in [0.1, 0.15) is 0 Å². The van der Waals surface area contributed by atoms with E-state index < -0.39 is 0 Å². The van der Waals surface area contributed by atoms with E-state index in [1.165, 1.54) is 29.7 Å². The van der Waals surface area contributed by atoms with Crippen LogP contribution in [-0.4, -0.2) is 11.6 Å². The van der Waals surface area contributed by atoms with Crippen LogP contribution in [0.3, 0.4) is 0 Å². The van der Waals surface area contributed by atoms with Crippen molar-refractivity contribution < 1.29 is 4.79 Å². The Balaban J connectivity index is 1.52. The van der Waals surface area contributed by atoms with Crippen LogP contribution in [0, 0.1) is 0 Å². The third-order valence-corrected chi connectivity index (χ3v) is 5.52. The number of thioether (sulfide) groups is 1. The molecule has 1 aliphatic rings. The molecule has 1 amide bonds. The highest BCUT2D eigenvalue weighted by atomic mass is 35.5. The van der Waals surface area contributed by atoms with Gasteiger partial charge in [-0.25, -0.2) is 5.43 Å². The van der Waals surface area contributed by atoms with Gasteiger partial charge in [0.15, 0.2) is 0 Å². The van der Waals surface area contributed by atoms with E-state index >= 15 is 0 Å². The van der Waals surface area contributed by atoms with Gasteiger partial charge >= 0.3 is 0 Å². The smallest absolute Gasteiger partial charge is 0.267 e. The van der Waals surface area contributed by atoms with Gasteiger partial charge in [-0.1, -0.05) is 30.2 Å². The van der Waals surface area contributed by atoms with Crippen molar-refractivity contribution in [3.05, 3.63) is 64.7 Å². The van der Waals surface area contributed by atoms with E-state index in [1.54, 1.807) is 11.8 Å². The summed E-state index contributed by atoms with van der Waals surface area (Å²) in [4.78, 5) is 13.3. The average Bonchev–Trinajstić information content (AvgIpc) is 2.67. The zero-order valence-electron chi connectivity index (χ0n) is 14.0. The molecule has 0 atom stereocenters. The normalized spacial score (nSPS) is 14.2. The molecule has 0 bridgehead atoms. The fourth-order valence-electron chi connectivity index (χ4n) is 2.72. The molecule has 1 N–H and O–H groups in total. The standard InChI is InChI=1S/C20H21ClN2OS/c21-17-10-12-19(13-11-17)25-14-15-6-8-16(9-7-15)20(24)23-22-18-4-2-1-3-5-18/h6-13H,1-5,14H2,(H,23,24). The van der Waals surface area contributed by atoms with Crippen molar-refractivity contribution in [1.82, 2.24) is 5.43 Å². The molecule has 1 aliphatic carbocycles. The topological polar surface area (TPSA) is 41.5 Å². The molecule has 25 heavy (non-hydrogen) atoms. The summed E-state index contributed by atoms with van der Waals surface area (Å²) in [6.07, 6.45) is 5.62. The highest BCUT2D eigenvalue weighted by Gasteiger charge is 2.09. The number of nitrogens with zero attached hydrogens (tertiary/aromatic N) is 1. The lowest BCUT2D eigenvalue weighted by Gasteiger charge is -2.12. The quantitative estimate of drug-likeness (QED) is 0.541. The van der Waals surface area contributed by atoms with Crippen LogP contribution in [0.1, 0.15) is 48.0 Å². The molecule has 0 aliphatic heterocycles. The summed E-state index contributed by atoms with van der Waals surface area (Å²) in [5.74, 6) is 0.709. The van der Waals surface area contributed by atoms with Crippen LogP contribution in [0.5, 0.6) is 0 Å². The minimum absolute atomic E-state index is 0.144. The molecule has 2 aromatic rings. The summed E-state index contributed by atoms with van der Waals surface area (Å²) >= 11 is 7.64. The molecular formula is C20H21ClN2OS. The number of hydrogen-bond donors (Lipinski definition) is 1. The molecule has 1 fully saturated rings. The van der Waals surface area contributed by atoms with E-state index in [4.69, 9.17) is 11.6 Å². The number of nitrogens with one attached hydrogen (secondary N) is 1. The van der Waals surface area contributed by atoms with Gasteiger partial charge in [0.25, 0.3) is 5.91 Å². The predicted octanol–water partition coefficient (Wildman–Crippen LogP) is 5.68. The van der Waals surface area contributed by atoms with Gasteiger partial charge in [0.05, 0.1) is 0 Å². The van der Waals surface area contributed by atoms with Crippen molar-refractivity contribution in [2.45, 2.75) is 42.8 Å². The summed E-state index contributed by atoms with van der Waals surface area (Å²) in [6, 6.07) is 15.5. The summed E-state index contributed by atoms with van der Waals surface area (Å²) in [7, 11) is 0. The Morgan fingerprint density at radius 2 is 1.68 bits per heavy atom. The van der Waals surface area contributed by atoms with Crippen molar-refractivity contribution in [2.24, 2.45) is 5.10 Å². The highest BCUT2D eigenvalue weighted by molar-refractivity contribution is 7.98. The Bertz CT molecular complexity index is 733. The zero-order valence-corrected chi connectivity index (χ0v) is 15.6. The number of rotatable bonds is 5. The van der Waals surface area contributed by atoms with Gasteiger partial charge in [0.2, 0.25) is 0 Å². The fraction of sp³-hybridized carbons (Fsp3) is 0.300. The molecule has 5 heteroatoms. The first-order chi connectivity index (χ1) is 12.2. The first-order valence-electron chi connectivity index (χ1n) is 8.54. The second-order valence-corrected chi connectivity index (χ2v) is 7.60. The summed E-state index contributed by atoms with van der Waals surface area (Å²) < 4.78 is 0. The number of hydrazone groups is 1. The maximum Gasteiger partial charge on any atom is 0.271 e. The lowest BCUT2D eigenvalue weighted by Crippen LogP contribution is -2.20. The third-order valence-electron chi connectivity index (χ3n) is 4.18. The van der Waals surface area contributed by atoms with E-state index in [2.05, 4.69) is 10.5 Å². The van der Waals surface area contributed by atoms with Crippen molar-refractivity contribution >= 4 is 35.0 Å². The Morgan fingerprint density at radius 3 is 2.36 bits per heavy atom. The molecule has 3 rings (SSSR count). The van der Waals surface area contributed by atoms with E-state index in [9.17, 15) is 4.79 Å². The SMILES string of the molecule is O=C(NN=C1CCCCC1)c1ccc(CSc2ccc(Cl)cc2)cc1. The van der Waals surface area contributed by atoms with Crippen LogP contribution in [0.2, 0.25) is 5.02 Å². The van der Waals surface area contributed by atoms with E-state index in [0.29, 0.717) is 5.56 Å². The second kappa shape index (κ2) is 9.07. The molecule has 0 spiro atoms. The van der Waals surface area contributed by atoms with Crippen molar-refractivity contribution in [1.29, 1.82) is 0 Å². The number of carbonyl (C=O) groups is 1. The van der Waals surface area contributed by atoms with Gasteiger partial charge in [0, 0.05) is 26.9 Å².